The molecule has 3 aliphatic rings. The van der Waals surface area contributed by atoms with Crippen molar-refractivity contribution in [1.29, 1.82) is 0 Å². The quantitative estimate of drug-likeness (QED) is 0.522. The highest BCUT2D eigenvalue weighted by Gasteiger charge is 2.34. The van der Waals surface area contributed by atoms with Gasteiger partial charge in [-0.1, -0.05) is 55.0 Å². The van der Waals surface area contributed by atoms with Crippen LogP contribution in [0.25, 0.3) is 11.1 Å². The molecule has 0 radical (unpaired) electrons. The first kappa shape index (κ1) is 23.4. The minimum atomic E-state index is -0.800. The lowest BCUT2D eigenvalue weighted by Crippen LogP contribution is -2.47. The van der Waals surface area contributed by atoms with E-state index >= 15 is 0 Å². The van der Waals surface area contributed by atoms with Gasteiger partial charge in [0.2, 0.25) is 5.91 Å². The first-order chi connectivity index (χ1) is 17.0. The van der Waals surface area contributed by atoms with Crippen LogP contribution in [0.1, 0.15) is 62.0 Å². The van der Waals surface area contributed by atoms with Crippen molar-refractivity contribution < 1.29 is 24.2 Å². The molecule has 2 fully saturated rings. The van der Waals surface area contributed by atoms with Crippen LogP contribution in [-0.4, -0.2) is 41.8 Å². The molecule has 2 aromatic carbocycles. The van der Waals surface area contributed by atoms with E-state index in [-0.39, 0.29) is 48.8 Å². The molecule has 7 nitrogen and oxygen atoms in total. The Morgan fingerprint density at radius 1 is 0.943 bits per heavy atom. The third kappa shape index (κ3) is 5.04. The lowest BCUT2D eigenvalue weighted by Gasteiger charge is -2.34. The van der Waals surface area contributed by atoms with Gasteiger partial charge in [-0.25, -0.2) is 4.79 Å². The number of hydrogen-bond donors (Lipinski definition) is 3. The number of fused-ring (bicyclic) bond motifs is 3. The molecule has 5 rings (SSSR count). The van der Waals surface area contributed by atoms with Crippen LogP contribution < -0.4 is 10.6 Å². The third-order valence-corrected chi connectivity index (χ3v) is 7.92. The number of amides is 2. The van der Waals surface area contributed by atoms with E-state index in [1.165, 1.54) is 11.1 Å². The molecule has 0 spiro atoms. The van der Waals surface area contributed by atoms with Crippen molar-refractivity contribution in [2.45, 2.75) is 62.9 Å². The van der Waals surface area contributed by atoms with Crippen LogP contribution in [0.3, 0.4) is 0 Å². The van der Waals surface area contributed by atoms with E-state index in [1.807, 2.05) is 24.3 Å². The highest BCUT2D eigenvalue weighted by Crippen LogP contribution is 2.44. The summed E-state index contributed by atoms with van der Waals surface area (Å²) in [5, 5.41) is 15.1. The van der Waals surface area contributed by atoms with Gasteiger partial charge in [0, 0.05) is 24.4 Å². The summed E-state index contributed by atoms with van der Waals surface area (Å²) in [5.41, 5.74) is 4.68. The van der Waals surface area contributed by atoms with E-state index in [0.29, 0.717) is 19.3 Å². The molecule has 0 aromatic heterocycles. The number of alkyl carbamates (subject to hydrolysis) is 1. The maximum atomic E-state index is 12.8. The smallest absolute Gasteiger partial charge is 0.407 e. The zero-order chi connectivity index (χ0) is 24.4. The van der Waals surface area contributed by atoms with Gasteiger partial charge in [0.05, 0.1) is 5.92 Å². The van der Waals surface area contributed by atoms with Gasteiger partial charge in [0.1, 0.15) is 6.61 Å². The van der Waals surface area contributed by atoms with Crippen molar-refractivity contribution in [3.63, 3.8) is 0 Å². The number of carbonyl (C=O) groups excluding carboxylic acids is 2. The zero-order valence-corrected chi connectivity index (χ0v) is 19.7. The molecule has 3 atom stereocenters. The molecule has 2 amide bonds. The van der Waals surface area contributed by atoms with Gasteiger partial charge < -0.3 is 20.5 Å². The molecule has 35 heavy (non-hydrogen) atoms. The van der Waals surface area contributed by atoms with Crippen LogP contribution >= 0.6 is 0 Å². The third-order valence-electron chi connectivity index (χ3n) is 7.92. The van der Waals surface area contributed by atoms with Gasteiger partial charge in [0.15, 0.2) is 0 Å². The van der Waals surface area contributed by atoms with Crippen molar-refractivity contribution in [2.24, 2.45) is 11.8 Å². The number of aliphatic carboxylic acids is 1. The maximum absolute atomic E-state index is 12.8. The number of nitrogens with one attached hydrogen (secondary N) is 2. The second-order valence-electron chi connectivity index (χ2n) is 10.1. The molecule has 0 heterocycles. The van der Waals surface area contributed by atoms with Crippen LogP contribution in [-0.2, 0) is 14.3 Å². The highest BCUT2D eigenvalue weighted by molar-refractivity contribution is 5.80. The highest BCUT2D eigenvalue weighted by atomic mass is 16.5. The van der Waals surface area contributed by atoms with E-state index in [1.54, 1.807) is 0 Å². The number of ether oxygens (including phenoxy) is 1. The molecule has 184 valence electrons. The Hall–Kier alpha value is -3.35. The van der Waals surface area contributed by atoms with E-state index < -0.39 is 12.1 Å². The summed E-state index contributed by atoms with van der Waals surface area (Å²) in [6.45, 7) is 0.238. The first-order valence-corrected chi connectivity index (χ1v) is 12.6. The summed E-state index contributed by atoms with van der Waals surface area (Å²) in [6, 6.07) is 16.0. The molecule has 2 saturated carbocycles. The predicted molar refractivity (Wildman–Crippen MR) is 131 cm³/mol. The van der Waals surface area contributed by atoms with Crippen molar-refractivity contribution in [3.05, 3.63) is 59.7 Å². The van der Waals surface area contributed by atoms with E-state index in [4.69, 9.17) is 4.74 Å². The number of carbonyl (C=O) groups is 3. The van der Waals surface area contributed by atoms with Gasteiger partial charge in [-0.3, -0.25) is 9.59 Å². The molecule has 0 saturated heterocycles. The fraction of sp³-hybridized carbons (Fsp3) is 0.464. The Bertz CT molecular complexity index is 1070. The second kappa shape index (κ2) is 10.1. The van der Waals surface area contributed by atoms with Crippen LogP contribution in [0.4, 0.5) is 4.79 Å². The summed E-state index contributed by atoms with van der Waals surface area (Å²) < 4.78 is 5.70. The Morgan fingerprint density at radius 3 is 2.17 bits per heavy atom. The molecule has 2 aromatic rings. The summed E-state index contributed by atoms with van der Waals surface area (Å²) in [6.07, 6.45) is 4.47. The Morgan fingerprint density at radius 2 is 1.60 bits per heavy atom. The largest absolute Gasteiger partial charge is 0.481 e. The molecule has 3 N–H and O–H groups in total. The predicted octanol–water partition coefficient (Wildman–Crippen LogP) is 4.45. The SMILES string of the molecule is O=C(CC(NC(=O)OCC1c2ccccc2-c2ccccc21)C1CCC1)NC1CCC(C(=O)O)C1. The number of hydrogen-bond acceptors (Lipinski definition) is 4. The van der Waals surface area contributed by atoms with Gasteiger partial charge >= 0.3 is 12.1 Å². The summed E-state index contributed by atoms with van der Waals surface area (Å²) >= 11 is 0. The number of carboxylic acid groups (broad SMARTS) is 1. The van der Waals surface area contributed by atoms with Crippen molar-refractivity contribution in [2.75, 3.05) is 6.61 Å². The van der Waals surface area contributed by atoms with Crippen molar-refractivity contribution in [1.82, 2.24) is 10.6 Å². The lowest BCUT2D eigenvalue weighted by molar-refractivity contribution is -0.141. The van der Waals surface area contributed by atoms with Crippen LogP contribution in [0, 0.1) is 11.8 Å². The molecule has 3 aliphatic carbocycles. The number of carboxylic acids is 1. The fourth-order valence-electron chi connectivity index (χ4n) is 5.79. The Kier molecular flexibility index (Phi) is 6.75. The summed E-state index contributed by atoms with van der Waals surface area (Å²) in [4.78, 5) is 36.7. The number of benzene rings is 2. The van der Waals surface area contributed by atoms with Crippen LogP contribution in [0.15, 0.2) is 48.5 Å². The van der Waals surface area contributed by atoms with Gasteiger partial charge in [0.25, 0.3) is 0 Å². The lowest BCUT2D eigenvalue weighted by atomic mass is 9.78. The fourth-order valence-corrected chi connectivity index (χ4v) is 5.79. The van der Waals surface area contributed by atoms with Gasteiger partial charge in [-0.05, 0) is 60.3 Å². The molecule has 7 heteroatoms. The summed E-state index contributed by atoms with van der Waals surface area (Å²) in [7, 11) is 0. The van der Waals surface area contributed by atoms with Crippen molar-refractivity contribution in [3.8, 4) is 11.1 Å². The molecular formula is C28H32N2O5. The zero-order valence-electron chi connectivity index (χ0n) is 19.7. The van der Waals surface area contributed by atoms with E-state index in [2.05, 4.69) is 34.9 Å². The van der Waals surface area contributed by atoms with Crippen LogP contribution in [0.5, 0.6) is 0 Å². The monoisotopic (exact) mass is 476 g/mol. The normalized spacial score (nSPS) is 21.9. The minimum Gasteiger partial charge on any atom is -0.481 e. The van der Waals surface area contributed by atoms with Crippen LogP contribution in [0.2, 0.25) is 0 Å². The molecular weight excluding hydrogens is 444 g/mol. The van der Waals surface area contributed by atoms with E-state index in [9.17, 15) is 19.5 Å². The van der Waals surface area contributed by atoms with E-state index in [0.717, 1.165) is 30.4 Å². The maximum Gasteiger partial charge on any atom is 0.407 e. The Balaban J connectivity index is 1.17. The molecule has 0 aliphatic heterocycles. The first-order valence-electron chi connectivity index (χ1n) is 12.6. The average Bonchev–Trinajstić information content (AvgIpc) is 3.39. The molecule has 3 unspecified atom stereocenters. The molecule has 0 bridgehead atoms. The number of rotatable bonds is 8. The van der Waals surface area contributed by atoms with Crippen molar-refractivity contribution >= 4 is 18.0 Å². The standard InChI is InChI=1S/C28H32N2O5/c31-26(29-19-13-12-18(14-19)27(32)33)15-25(17-6-5-7-17)30-28(34)35-16-24-22-10-3-1-8-20(22)21-9-2-4-11-23(21)24/h1-4,8-11,17-19,24-25H,5-7,12-16H2,(H,29,31)(H,30,34)(H,32,33). The van der Waals surface area contributed by atoms with Gasteiger partial charge in [-0.15, -0.1) is 0 Å². The second-order valence-corrected chi connectivity index (χ2v) is 10.1. The average molecular weight is 477 g/mol. The summed E-state index contributed by atoms with van der Waals surface area (Å²) in [5.74, 6) is -1.08. The minimum absolute atomic E-state index is 0.0110. The topological polar surface area (TPSA) is 105 Å². The van der Waals surface area contributed by atoms with Gasteiger partial charge in [-0.2, -0.15) is 0 Å². The Labute approximate surface area is 205 Å².